The van der Waals surface area contributed by atoms with Gasteiger partial charge in [-0.15, -0.1) is 0 Å². The summed E-state index contributed by atoms with van der Waals surface area (Å²) >= 11 is 5.98. The van der Waals surface area contributed by atoms with E-state index < -0.39 is 11.9 Å². The largest absolute Gasteiger partial charge is 0.456 e. The average Bonchev–Trinajstić information content (AvgIpc) is 2.33. The Labute approximate surface area is 122 Å². The standard InChI is InChI=1S/C16H16ClFO2/c1-9-7-12(17)8-10(2)16(9)20-14-6-4-5-13(18)15(14)11(3)19/h4-8,11,19H,1-3H3/t11-/m1/s1. The van der Waals surface area contributed by atoms with Crippen molar-refractivity contribution in [2.45, 2.75) is 26.9 Å². The van der Waals surface area contributed by atoms with Crippen LogP contribution in [0.5, 0.6) is 11.5 Å². The first-order chi connectivity index (χ1) is 9.40. The lowest BCUT2D eigenvalue weighted by atomic mass is 10.1. The van der Waals surface area contributed by atoms with Gasteiger partial charge in [0, 0.05) is 5.02 Å². The van der Waals surface area contributed by atoms with Gasteiger partial charge in [0.05, 0.1) is 11.7 Å². The number of hydrogen-bond donors (Lipinski definition) is 1. The fourth-order valence-corrected chi connectivity index (χ4v) is 2.51. The zero-order chi connectivity index (χ0) is 14.9. The third-order valence-corrected chi connectivity index (χ3v) is 3.29. The van der Waals surface area contributed by atoms with Crippen LogP contribution in [0.3, 0.4) is 0 Å². The van der Waals surface area contributed by atoms with Gasteiger partial charge in [-0.25, -0.2) is 4.39 Å². The molecule has 0 amide bonds. The molecule has 20 heavy (non-hydrogen) atoms. The zero-order valence-corrected chi connectivity index (χ0v) is 12.3. The number of aliphatic hydroxyl groups excluding tert-OH is 1. The quantitative estimate of drug-likeness (QED) is 0.868. The van der Waals surface area contributed by atoms with Gasteiger partial charge in [0.15, 0.2) is 0 Å². The summed E-state index contributed by atoms with van der Waals surface area (Å²) in [5.74, 6) is 0.456. The maximum absolute atomic E-state index is 13.8. The summed E-state index contributed by atoms with van der Waals surface area (Å²) in [6.45, 7) is 5.25. The Balaban J connectivity index is 2.48. The van der Waals surface area contributed by atoms with Gasteiger partial charge >= 0.3 is 0 Å². The van der Waals surface area contributed by atoms with E-state index in [0.717, 1.165) is 11.1 Å². The van der Waals surface area contributed by atoms with Gasteiger partial charge in [-0.3, -0.25) is 0 Å². The Bertz CT molecular complexity index is 615. The molecular formula is C16H16ClFO2. The van der Waals surface area contributed by atoms with Crippen molar-refractivity contribution in [2.24, 2.45) is 0 Å². The minimum absolute atomic E-state index is 0.154. The van der Waals surface area contributed by atoms with E-state index >= 15 is 0 Å². The van der Waals surface area contributed by atoms with Crippen LogP contribution >= 0.6 is 11.6 Å². The van der Waals surface area contributed by atoms with Crippen molar-refractivity contribution in [1.29, 1.82) is 0 Å². The SMILES string of the molecule is Cc1cc(Cl)cc(C)c1Oc1cccc(F)c1[C@@H](C)O. The summed E-state index contributed by atoms with van der Waals surface area (Å²) in [7, 11) is 0. The summed E-state index contributed by atoms with van der Waals surface area (Å²) < 4.78 is 19.6. The zero-order valence-electron chi connectivity index (χ0n) is 11.6. The normalized spacial score (nSPS) is 12.3. The van der Waals surface area contributed by atoms with Gasteiger partial charge in [0.1, 0.15) is 17.3 Å². The molecule has 0 saturated carbocycles. The fraction of sp³-hybridized carbons (Fsp3) is 0.250. The summed E-state index contributed by atoms with van der Waals surface area (Å²) in [4.78, 5) is 0. The smallest absolute Gasteiger partial charge is 0.136 e. The van der Waals surface area contributed by atoms with Gasteiger partial charge in [0.2, 0.25) is 0 Å². The molecule has 0 unspecified atom stereocenters. The molecule has 1 N–H and O–H groups in total. The molecule has 0 saturated heterocycles. The fourth-order valence-electron chi connectivity index (χ4n) is 2.18. The molecule has 0 aromatic heterocycles. The van der Waals surface area contributed by atoms with Crippen LogP contribution in [-0.4, -0.2) is 5.11 Å². The Kier molecular flexibility index (Phi) is 4.31. The number of aryl methyl sites for hydroxylation is 2. The molecule has 0 aliphatic heterocycles. The lowest BCUT2D eigenvalue weighted by Crippen LogP contribution is -2.01. The van der Waals surface area contributed by atoms with Crippen molar-refractivity contribution in [3.05, 3.63) is 57.9 Å². The van der Waals surface area contributed by atoms with Crippen LogP contribution in [0.25, 0.3) is 0 Å². The van der Waals surface area contributed by atoms with E-state index in [9.17, 15) is 9.50 Å². The summed E-state index contributed by atoms with van der Waals surface area (Å²) in [5.41, 5.74) is 1.87. The highest BCUT2D eigenvalue weighted by molar-refractivity contribution is 6.30. The van der Waals surface area contributed by atoms with E-state index in [4.69, 9.17) is 16.3 Å². The van der Waals surface area contributed by atoms with Crippen molar-refractivity contribution in [3.63, 3.8) is 0 Å². The second kappa shape index (κ2) is 5.81. The Morgan fingerprint density at radius 2 is 1.80 bits per heavy atom. The second-order valence-corrected chi connectivity index (χ2v) is 5.23. The maximum atomic E-state index is 13.8. The van der Waals surface area contributed by atoms with Gasteiger partial charge in [-0.1, -0.05) is 17.7 Å². The molecule has 0 radical (unpaired) electrons. The molecule has 2 aromatic rings. The molecule has 1 atom stereocenters. The minimum Gasteiger partial charge on any atom is -0.456 e. The van der Waals surface area contributed by atoms with Crippen LogP contribution < -0.4 is 4.74 Å². The third-order valence-electron chi connectivity index (χ3n) is 3.07. The van der Waals surface area contributed by atoms with Crippen LogP contribution in [0, 0.1) is 19.7 Å². The molecule has 2 aromatic carbocycles. The molecule has 2 nitrogen and oxygen atoms in total. The van der Waals surface area contributed by atoms with Gasteiger partial charge in [-0.05, 0) is 56.2 Å². The Morgan fingerprint density at radius 1 is 1.20 bits per heavy atom. The first-order valence-corrected chi connectivity index (χ1v) is 6.69. The highest BCUT2D eigenvalue weighted by Crippen LogP contribution is 2.35. The molecule has 2 rings (SSSR count). The molecule has 0 aliphatic carbocycles. The summed E-state index contributed by atoms with van der Waals surface area (Å²) in [6.07, 6.45) is -0.945. The van der Waals surface area contributed by atoms with E-state index in [1.165, 1.54) is 13.0 Å². The van der Waals surface area contributed by atoms with Crippen LogP contribution in [0.15, 0.2) is 30.3 Å². The van der Waals surface area contributed by atoms with Crippen molar-refractivity contribution < 1.29 is 14.2 Å². The molecule has 4 heteroatoms. The lowest BCUT2D eigenvalue weighted by Gasteiger charge is -2.17. The Hall–Kier alpha value is -1.58. The molecule has 106 valence electrons. The van der Waals surface area contributed by atoms with Gasteiger partial charge < -0.3 is 9.84 Å². The number of hydrogen-bond acceptors (Lipinski definition) is 2. The van der Waals surface area contributed by atoms with Crippen LogP contribution in [0.4, 0.5) is 4.39 Å². The minimum atomic E-state index is -0.945. The molecular weight excluding hydrogens is 279 g/mol. The predicted molar refractivity (Wildman–Crippen MR) is 78.0 cm³/mol. The van der Waals surface area contributed by atoms with E-state index in [1.54, 1.807) is 24.3 Å². The van der Waals surface area contributed by atoms with Gasteiger partial charge in [-0.2, -0.15) is 0 Å². The van der Waals surface area contributed by atoms with Crippen molar-refractivity contribution in [3.8, 4) is 11.5 Å². The maximum Gasteiger partial charge on any atom is 0.136 e. The van der Waals surface area contributed by atoms with E-state index in [1.807, 2.05) is 13.8 Å². The third kappa shape index (κ3) is 2.94. The number of aliphatic hydroxyl groups is 1. The van der Waals surface area contributed by atoms with E-state index in [2.05, 4.69) is 0 Å². The van der Waals surface area contributed by atoms with Gasteiger partial charge in [0.25, 0.3) is 0 Å². The number of rotatable bonds is 3. The summed E-state index contributed by atoms with van der Waals surface area (Å²) in [5, 5.41) is 10.3. The lowest BCUT2D eigenvalue weighted by molar-refractivity contribution is 0.190. The Morgan fingerprint density at radius 3 is 2.35 bits per heavy atom. The first-order valence-electron chi connectivity index (χ1n) is 6.31. The molecule has 0 heterocycles. The highest BCUT2D eigenvalue weighted by atomic mass is 35.5. The average molecular weight is 295 g/mol. The monoisotopic (exact) mass is 294 g/mol. The molecule has 0 aliphatic rings. The number of ether oxygens (including phenoxy) is 1. The molecule has 0 fully saturated rings. The van der Waals surface area contributed by atoms with Crippen LogP contribution in [0.2, 0.25) is 5.02 Å². The van der Waals surface area contributed by atoms with E-state index in [0.29, 0.717) is 16.5 Å². The van der Waals surface area contributed by atoms with Crippen LogP contribution in [0.1, 0.15) is 29.7 Å². The van der Waals surface area contributed by atoms with Crippen molar-refractivity contribution in [2.75, 3.05) is 0 Å². The molecule has 0 bridgehead atoms. The predicted octanol–water partition coefficient (Wildman–Crippen LogP) is 4.94. The van der Waals surface area contributed by atoms with Crippen LogP contribution in [-0.2, 0) is 0 Å². The van der Waals surface area contributed by atoms with Crippen molar-refractivity contribution in [1.82, 2.24) is 0 Å². The highest BCUT2D eigenvalue weighted by Gasteiger charge is 2.17. The summed E-state index contributed by atoms with van der Waals surface area (Å²) in [6, 6.07) is 8.06. The molecule has 0 spiro atoms. The first kappa shape index (κ1) is 14.8. The number of halogens is 2. The second-order valence-electron chi connectivity index (χ2n) is 4.80. The van der Waals surface area contributed by atoms with Crippen molar-refractivity contribution >= 4 is 11.6 Å². The van der Waals surface area contributed by atoms with E-state index in [-0.39, 0.29) is 5.56 Å². The number of benzene rings is 2. The topological polar surface area (TPSA) is 29.5 Å².